The molecule has 27 heavy (non-hydrogen) atoms. The Morgan fingerprint density at radius 2 is 1.74 bits per heavy atom. The van der Waals surface area contributed by atoms with Crippen molar-refractivity contribution in [3.63, 3.8) is 0 Å². The summed E-state index contributed by atoms with van der Waals surface area (Å²) in [5.41, 5.74) is 2.04. The van der Waals surface area contributed by atoms with Crippen molar-refractivity contribution in [2.75, 3.05) is 18.0 Å². The highest BCUT2D eigenvalue weighted by Crippen LogP contribution is 2.28. The van der Waals surface area contributed by atoms with Crippen LogP contribution in [0.4, 0.5) is 5.95 Å². The van der Waals surface area contributed by atoms with Gasteiger partial charge in [0, 0.05) is 49.8 Å². The lowest BCUT2D eigenvalue weighted by molar-refractivity contribution is 0.467. The molecule has 0 unspecified atom stereocenters. The van der Waals surface area contributed by atoms with Gasteiger partial charge in [-0.25, -0.2) is 15.0 Å². The van der Waals surface area contributed by atoms with Crippen molar-refractivity contribution in [1.29, 1.82) is 0 Å². The molecule has 3 aromatic heterocycles. The first-order chi connectivity index (χ1) is 13.0. The SMILES string of the molecule is Cc1cc(C)nc(N2CCC(c3nnc(Cn4ccnc4C)n3C)CC2)n1. The second kappa shape index (κ2) is 7.09. The van der Waals surface area contributed by atoms with Crippen LogP contribution in [0.15, 0.2) is 18.5 Å². The third kappa shape index (κ3) is 3.56. The first kappa shape index (κ1) is 17.6. The molecule has 0 radical (unpaired) electrons. The summed E-state index contributed by atoms with van der Waals surface area (Å²) in [6, 6.07) is 2.01. The smallest absolute Gasteiger partial charge is 0.225 e. The molecule has 4 heterocycles. The van der Waals surface area contributed by atoms with Gasteiger partial charge in [0.1, 0.15) is 11.6 Å². The molecule has 0 saturated carbocycles. The number of anilines is 1. The van der Waals surface area contributed by atoms with Gasteiger partial charge in [-0.05, 0) is 39.7 Å². The Balaban J connectivity index is 1.45. The lowest BCUT2D eigenvalue weighted by atomic mass is 9.96. The Morgan fingerprint density at radius 1 is 1.04 bits per heavy atom. The van der Waals surface area contributed by atoms with Crippen LogP contribution in [0.25, 0.3) is 0 Å². The number of hydrogen-bond donors (Lipinski definition) is 0. The Morgan fingerprint density at radius 3 is 2.37 bits per heavy atom. The maximum Gasteiger partial charge on any atom is 0.225 e. The number of imidazole rings is 1. The van der Waals surface area contributed by atoms with E-state index in [1.165, 1.54) is 0 Å². The van der Waals surface area contributed by atoms with Crippen LogP contribution < -0.4 is 4.90 Å². The molecule has 8 nitrogen and oxygen atoms in total. The second-order valence-corrected chi connectivity index (χ2v) is 7.35. The highest BCUT2D eigenvalue weighted by Gasteiger charge is 2.26. The average Bonchev–Trinajstić information content (AvgIpc) is 3.21. The summed E-state index contributed by atoms with van der Waals surface area (Å²) in [6.45, 7) is 8.63. The van der Waals surface area contributed by atoms with Gasteiger partial charge in [-0.1, -0.05) is 0 Å². The minimum atomic E-state index is 0.419. The molecule has 142 valence electrons. The van der Waals surface area contributed by atoms with Gasteiger partial charge in [0.2, 0.25) is 5.95 Å². The van der Waals surface area contributed by atoms with Crippen molar-refractivity contribution in [1.82, 2.24) is 34.3 Å². The normalized spacial score (nSPS) is 15.5. The molecule has 1 aliphatic rings. The summed E-state index contributed by atoms with van der Waals surface area (Å²) < 4.78 is 4.24. The fourth-order valence-corrected chi connectivity index (χ4v) is 3.78. The van der Waals surface area contributed by atoms with Crippen LogP contribution in [-0.4, -0.2) is 47.4 Å². The molecule has 3 aromatic rings. The van der Waals surface area contributed by atoms with Crippen LogP contribution in [0, 0.1) is 20.8 Å². The Kier molecular flexibility index (Phi) is 4.63. The van der Waals surface area contributed by atoms with Crippen LogP contribution >= 0.6 is 0 Å². The van der Waals surface area contributed by atoms with Crippen LogP contribution in [0.3, 0.4) is 0 Å². The number of nitrogens with zero attached hydrogens (tertiary/aromatic N) is 8. The van der Waals surface area contributed by atoms with Crippen molar-refractivity contribution in [2.45, 2.75) is 46.1 Å². The standard InChI is InChI=1S/C19H26N8/c1-13-11-14(2)22-19(21-13)26-8-5-16(6-9-26)18-24-23-17(25(18)4)12-27-10-7-20-15(27)3/h7,10-11,16H,5-6,8-9,12H2,1-4H3. The monoisotopic (exact) mass is 366 g/mol. The minimum absolute atomic E-state index is 0.419. The van der Waals surface area contributed by atoms with Crippen molar-refractivity contribution >= 4 is 5.95 Å². The summed E-state index contributed by atoms with van der Waals surface area (Å²) in [7, 11) is 2.07. The molecular formula is C19H26N8. The maximum absolute atomic E-state index is 4.60. The summed E-state index contributed by atoms with van der Waals surface area (Å²) in [5.74, 6) is 4.29. The van der Waals surface area contributed by atoms with E-state index in [1.807, 2.05) is 39.2 Å². The first-order valence-electron chi connectivity index (χ1n) is 9.44. The average molecular weight is 366 g/mol. The fourth-order valence-electron chi connectivity index (χ4n) is 3.78. The zero-order valence-electron chi connectivity index (χ0n) is 16.4. The molecule has 0 spiro atoms. The molecule has 1 fully saturated rings. The Labute approximate surface area is 159 Å². The van der Waals surface area contributed by atoms with Gasteiger partial charge in [-0.15, -0.1) is 10.2 Å². The number of rotatable bonds is 4. The van der Waals surface area contributed by atoms with E-state index in [-0.39, 0.29) is 0 Å². The number of aryl methyl sites for hydroxylation is 3. The third-order valence-corrected chi connectivity index (χ3v) is 5.35. The molecular weight excluding hydrogens is 340 g/mol. The topological polar surface area (TPSA) is 77.5 Å². The molecule has 0 aromatic carbocycles. The van der Waals surface area contributed by atoms with E-state index in [0.29, 0.717) is 12.5 Å². The number of hydrogen-bond acceptors (Lipinski definition) is 6. The molecule has 0 bridgehead atoms. The van der Waals surface area contributed by atoms with Crippen molar-refractivity contribution in [2.24, 2.45) is 7.05 Å². The van der Waals surface area contributed by atoms with E-state index < -0.39 is 0 Å². The van der Waals surface area contributed by atoms with E-state index >= 15 is 0 Å². The Bertz CT molecular complexity index is 913. The summed E-state index contributed by atoms with van der Waals surface area (Å²) >= 11 is 0. The molecule has 8 heteroatoms. The zero-order valence-corrected chi connectivity index (χ0v) is 16.4. The first-order valence-corrected chi connectivity index (χ1v) is 9.44. The predicted molar refractivity (Wildman–Crippen MR) is 103 cm³/mol. The lowest BCUT2D eigenvalue weighted by Gasteiger charge is -2.31. The van der Waals surface area contributed by atoms with Gasteiger partial charge >= 0.3 is 0 Å². The van der Waals surface area contributed by atoms with Gasteiger partial charge < -0.3 is 14.0 Å². The molecule has 0 atom stereocenters. The summed E-state index contributed by atoms with van der Waals surface area (Å²) in [5, 5.41) is 8.94. The largest absolute Gasteiger partial charge is 0.341 e. The van der Waals surface area contributed by atoms with E-state index in [4.69, 9.17) is 0 Å². The van der Waals surface area contributed by atoms with E-state index in [2.05, 4.69) is 46.2 Å². The highest BCUT2D eigenvalue weighted by molar-refractivity contribution is 5.33. The van der Waals surface area contributed by atoms with Crippen LogP contribution in [-0.2, 0) is 13.6 Å². The van der Waals surface area contributed by atoms with Gasteiger partial charge in [0.05, 0.1) is 6.54 Å². The van der Waals surface area contributed by atoms with Gasteiger partial charge in [-0.3, -0.25) is 0 Å². The van der Waals surface area contributed by atoms with Gasteiger partial charge in [0.15, 0.2) is 5.82 Å². The highest BCUT2D eigenvalue weighted by atomic mass is 15.3. The van der Waals surface area contributed by atoms with Crippen molar-refractivity contribution < 1.29 is 0 Å². The van der Waals surface area contributed by atoms with Crippen LogP contribution in [0.1, 0.15) is 47.6 Å². The van der Waals surface area contributed by atoms with Crippen molar-refractivity contribution in [3.8, 4) is 0 Å². The molecule has 1 saturated heterocycles. The number of aromatic nitrogens is 7. The van der Waals surface area contributed by atoms with Gasteiger partial charge in [0.25, 0.3) is 0 Å². The Hall–Kier alpha value is -2.77. The molecule has 4 rings (SSSR count). The minimum Gasteiger partial charge on any atom is -0.341 e. The van der Waals surface area contributed by atoms with Crippen LogP contribution in [0.2, 0.25) is 0 Å². The van der Waals surface area contributed by atoms with E-state index in [9.17, 15) is 0 Å². The molecule has 0 aliphatic carbocycles. The lowest BCUT2D eigenvalue weighted by Crippen LogP contribution is -2.35. The van der Waals surface area contributed by atoms with Gasteiger partial charge in [-0.2, -0.15) is 0 Å². The summed E-state index contributed by atoms with van der Waals surface area (Å²) in [6.07, 6.45) is 5.86. The summed E-state index contributed by atoms with van der Waals surface area (Å²) in [4.78, 5) is 15.8. The van der Waals surface area contributed by atoms with E-state index in [1.54, 1.807) is 0 Å². The van der Waals surface area contributed by atoms with Crippen LogP contribution in [0.5, 0.6) is 0 Å². The predicted octanol–water partition coefficient (Wildman–Crippen LogP) is 2.16. The number of piperidine rings is 1. The zero-order chi connectivity index (χ0) is 19.0. The van der Waals surface area contributed by atoms with Crippen molar-refractivity contribution in [3.05, 3.63) is 47.3 Å². The molecule has 1 aliphatic heterocycles. The van der Waals surface area contributed by atoms with E-state index in [0.717, 1.165) is 60.7 Å². The fraction of sp³-hybridized carbons (Fsp3) is 0.526. The quantitative estimate of drug-likeness (QED) is 0.704. The third-order valence-electron chi connectivity index (χ3n) is 5.35. The maximum atomic E-state index is 4.60. The molecule has 0 N–H and O–H groups in total. The second-order valence-electron chi connectivity index (χ2n) is 7.35. The molecule has 0 amide bonds.